The van der Waals surface area contributed by atoms with Crippen molar-refractivity contribution in [3.8, 4) is 5.75 Å². The molecular weight excluding hydrogens is 951 g/mol. The van der Waals surface area contributed by atoms with Crippen LogP contribution < -0.4 is 25.2 Å². The minimum atomic E-state index is -1.06. The third-order valence-corrected chi connectivity index (χ3v) is 16.7. The summed E-state index contributed by atoms with van der Waals surface area (Å²) in [5.41, 5.74) is 8.47. The van der Waals surface area contributed by atoms with Crippen molar-refractivity contribution in [2.45, 2.75) is 83.1 Å². The van der Waals surface area contributed by atoms with E-state index in [1.807, 2.05) is 71.2 Å². The molecule has 16 heteroatoms. The van der Waals surface area contributed by atoms with Crippen LogP contribution in [0.4, 0.5) is 16.6 Å². The summed E-state index contributed by atoms with van der Waals surface area (Å²) in [6.45, 7) is 7.00. The Labute approximate surface area is 434 Å². The number of carboxylic acid groups (broad SMARTS) is 1. The molecule has 4 aromatic carbocycles. The van der Waals surface area contributed by atoms with Crippen LogP contribution in [0, 0.1) is 11.8 Å². The van der Waals surface area contributed by atoms with Gasteiger partial charge in [0.05, 0.1) is 39.6 Å². The highest BCUT2D eigenvalue weighted by Crippen LogP contribution is 2.37. The number of para-hydroxylation sites is 2. The number of ether oxygens (including phenoxy) is 1. The summed E-state index contributed by atoms with van der Waals surface area (Å²) in [6, 6.07) is 32.1. The molecule has 3 saturated heterocycles. The normalized spacial score (nSPS) is 17.9. The van der Waals surface area contributed by atoms with Crippen LogP contribution in [0.15, 0.2) is 97.1 Å². The number of aromatic carboxylic acids is 1. The number of pyridine rings is 1. The van der Waals surface area contributed by atoms with Gasteiger partial charge in [0.25, 0.3) is 5.91 Å². The smallest absolute Gasteiger partial charge is 0.354 e. The summed E-state index contributed by atoms with van der Waals surface area (Å²) in [5, 5.41) is 22.1. The predicted octanol–water partition coefficient (Wildman–Crippen LogP) is 9.18. The monoisotopic (exact) mass is 1010 g/mol. The van der Waals surface area contributed by atoms with E-state index in [9.17, 15) is 24.3 Å². The molecule has 0 bridgehead atoms. The van der Waals surface area contributed by atoms with Gasteiger partial charge in [-0.05, 0) is 160 Å². The second-order valence-corrected chi connectivity index (χ2v) is 21.6. The fourth-order valence-electron chi connectivity index (χ4n) is 11.7. The van der Waals surface area contributed by atoms with E-state index in [0.29, 0.717) is 85.7 Å². The molecule has 7 heterocycles. The Hall–Kier alpha value is -7.17. The Bertz CT molecular complexity index is 3180. The van der Waals surface area contributed by atoms with Crippen LogP contribution in [-0.2, 0) is 42.4 Å². The highest BCUT2D eigenvalue weighted by atomic mass is 32.1. The van der Waals surface area contributed by atoms with Gasteiger partial charge < -0.3 is 24.5 Å². The van der Waals surface area contributed by atoms with Gasteiger partial charge in [0, 0.05) is 50.6 Å². The van der Waals surface area contributed by atoms with E-state index in [2.05, 4.69) is 72.9 Å². The number of carboxylic acids is 1. The van der Waals surface area contributed by atoms with Gasteiger partial charge in [0.2, 0.25) is 11.8 Å². The third kappa shape index (κ3) is 10.7. The fraction of sp³-hybridized carbons (Fsp3) is 0.397. The van der Waals surface area contributed by atoms with E-state index >= 15 is 0 Å². The highest BCUT2D eigenvalue weighted by molar-refractivity contribution is 7.22. The number of piperidine rings is 3. The molecule has 0 saturated carbocycles. The predicted molar refractivity (Wildman–Crippen MR) is 288 cm³/mol. The average molecular weight is 1010 g/mol. The van der Waals surface area contributed by atoms with Crippen molar-refractivity contribution in [3.63, 3.8) is 0 Å². The Morgan fingerprint density at radius 3 is 2.42 bits per heavy atom. The van der Waals surface area contributed by atoms with Crippen molar-refractivity contribution in [2.75, 3.05) is 61.0 Å². The van der Waals surface area contributed by atoms with Gasteiger partial charge in [-0.25, -0.2) is 14.8 Å². The molecule has 3 fully saturated rings. The Morgan fingerprint density at radius 2 is 1.62 bits per heavy atom. The highest BCUT2D eigenvalue weighted by Gasteiger charge is 2.33. The number of aromatic nitrogens is 4. The second kappa shape index (κ2) is 21.7. The van der Waals surface area contributed by atoms with Crippen LogP contribution in [0.1, 0.15) is 106 Å². The molecule has 11 rings (SSSR count). The van der Waals surface area contributed by atoms with E-state index in [1.54, 1.807) is 0 Å². The van der Waals surface area contributed by atoms with Crippen LogP contribution in [0.5, 0.6) is 5.75 Å². The summed E-state index contributed by atoms with van der Waals surface area (Å²) in [5.74, 6) is 0.623. The molecule has 3 N–H and O–H groups in total. The quantitative estimate of drug-likeness (QED) is 0.0620. The van der Waals surface area contributed by atoms with Crippen molar-refractivity contribution in [1.29, 1.82) is 0 Å². The number of carbonyl (C=O) groups excluding carboxylic acids is 3. The van der Waals surface area contributed by atoms with Gasteiger partial charge in [0.15, 0.2) is 10.8 Å². The first-order valence-electron chi connectivity index (χ1n) is 26.3. The fourth-order valence-corrected chi connectivity index (χ4v) is 12.5. The number of thiazole rings is 1. The maximum absolute atomic E-state index is 13.6. The number of hydrogen-bond acceptors (Lipinski definition) is 12. The number of hydrogen-bond donors (Lipinski definition) is 3. The standard InChI is InChI=1S/C58H63N9O6S/c1-64-54-44(53(63-64)45-19-21-51(68)61-56(45)70)10-5-12-48(54)66-31-25-37(26-32-66)22-28-65-29-23-39(24-30-65)35-38-14-17-42(18-15-38)73-34-6-8-41-16-20-50(60-52(41)57(71)72)67-33-27-40-7-4-9-43(46(40)36-67)55(69)62-58-59-47-11-2-3-13-49(47)74-58/h2-5,7,9-18,20,37,39,45H,6,8,19,21-36H2,1H3,(H,71,72)(H,59,62,69)(H,61,68,70). The number of likely N-dealkylation sites (tertiary alicyclic amines) is 1. The number of nitrogens with zero attached hydrogens (tertiary/aromatic N) is 7. The number of benzene rings is 4. The minimum Gasteiger partial charge on any atom is -0.494 e. The van der Waals surface area contributed by atoms with Crippen molar-refractivity contribution < 1.29 is 29.0 Å². The van der Waals surface area contributed by atoms with Gasteiger partial charge in [-0.1, -0.05) is 65.9 Å². The summed E-state index contributed by atoms with van der Waals surface area (Å²) in [7, 11) is 1.96. The maximum atomic E-state index is 13.6. The summed E-state index contributed by atoms with van der Waals surface area (Å²) < 4.78 is 9.05. The Balaban J connectivity index is 0.602. The van der Waals surface area contributed by atoms with Crippen LogP contribution in [0.2, 0.25) is 0 Å². The molecule has 0 radical (unpaired) electrons. The van der Waals surface area contributed by atoms with Crippen molar-refractivity contribution in [2.24, 2.45) is 18.9 Å². The number of aryl methyl sites for hydroxylation is 2. The second-order valence-electron chi connectivity index (χ2n) is 20.5. The molecule has 3 aromatic heterocycles. The van der Waals surface area contributed by atoms with Gasteiger partial charge in [-0.3, -0.25) is 29.7 Å². The molecule has 0 aliphatic carbocycles. The third-order valence-electron chi connectivity index (χ3n) is 15.8. The molecule has 15 nitrogen and oxygen atoms in total. The summed E-state index contributed by atoms with van der Waals surface area (Å²) >= 11 is 1.44. The van der Waals surface area contributed by atoms with Crippen molar-refractivity contribution >= 4 is 72.8 Å². The number of fused-ring (bicyclic) bond motifs is 3. The topological polar surface area (TPSA) is 175 Å². The number of carbonyl (C=O) groups is 4. The van der Waals surface area contributed by atoms with Gasteiger partial charge >= 0.3 is 5.97 Å². The van der Waals surface area contributed by atoms with Crippen LogP contribution in [-0.4, -0.2) is 99.3 Å². The molecule has 1 atom stereocenters. The van der Waals surface area contributed by atoms with E-state index in [1.165, 1.54) is 41.9 Å². The zero-order chi connectivity index (χ0) is 50.7. The summed E-state index contributed by atoms with van der Waals surface area (Å²) in [6.07, 6.45) is 9.74. The molecule has 4 aliphatic heterocycles. The van der Waals surface area contributed by atoms with Crippen molar-refractivity contribution in [1.82, 2.24) is 30.0 Å². The van der Waals surface area contributed by atoms with Crippen LogP contribution >= 0.6 is 11.3 Å². The Kier molecular flexibility index (Phi) is 14.4. The lowest BCUT2D eigenvalue weighted by Gasteiger charge is -2.36. The van der Waals surface area contributed by atoms with Crippen LogP contribution in [0.3, 0.4) is 0 Å². The molecule has 382 valence electrons. The number of anilines is 3. The van der Waals surface area contributed by atoms with E-state index in [-0.39, 0.29) is 23.4 Å². The number of rotatable bonds is 16. The van der Waals surface area contributed by atoms with E-state index in [0.717, 1.165) is 95.7 Å². The van der Waals surface area contributed by atoms with Gasteiger partial charge in [-0.2, -0.15) is 5.10 Å². The molecule has 1 unspecified atom stereocenters. The molecule has 3 amide bonds. The lowest BCUT2D eigenvalue weighted by atomic mass is 9.89. The first kappa shape index (κ1) is 49.1. The molecular formula is C58H63N9O6S. The molecule has 7 aromatic rings. The first-order valence-corrected chi connectivity index (χ1v) is 27.2. The SMILES string of the molecule is Cn1nc(C2CCC(=O)NC2=O)c2cccc(N3CCC(CCN4CCC(Cc5ccc(OCCCc6ccc(N7CCc8cccc(C(=O)Nc9nc%10ccccc%10s9)c8C7)nc6C(=O)O)cc5)CC4)CC3)c21. The van der Waals surface area contributed by atoms with E-state index < -0.39 is 11.9 Å². The van der Waals surface area contributed by atoms with E-state index in [4.69, 9.17) is 9.84 Å². The maximum Gasteiger partial charge on any atom is 0.354 e. The summed E-state index contributed by atoms with van der Waals surface area (Å²) in [4.78, 5) is 67.0. The average Bonchev–Trinajstić information content (AvgIpc) is 3.99. The van der Waals surface area contributed by atoms with Crippen LogP contribution in [0.25, 0.3) is 21.1 Å². The number of imide groups is 1. The molecule has 4 aliphatic rings. The lowest BCUT2D eigenvalue weighted by Crippen LogP contribution is -2.39. The van der Waals surface area contributed by atoms with Crippen molar-refractivity contribution in [3.05, 3.63) is 136 Å². The lowest BCUT2D eigenvalue weighted by molar-refractivity contribution is -0.134. The zero-order valence-electron chi connectivity index (χ0n) is 41.9. The largest absolute Gasteiger partial charge is 0.494 e. The Morgan fingerprint density at radius 1 is 0.824 bits per heavy atom. The zero-order valence-corrected chi connectivity index (χ0v) is 42.7. The number of nitrogens with one attached hydrogen (secondary N) is 2. The molecule has 0 spiro atoms. The van der Waals surface area contributed by atoms with Gasteiger partial charge in [-0.15, -0.1) is 0 Å². The molecule has 74 heavy (non-hydrogen) atoms. The minimum absolute atomic E-state index is 0.0454. The first-order chi connectivity index (χ1) is 36.1. The van der Waals surface area contributed by atoms with Gasteiger partial charge in [0.1, 0.15) is 11.6 Å². The number of amides is 3.